The number of aromatic nitrogens is 2. The number of nitrogens with zero attached hydrogens (tertiary/aromatic N) is 2. The zero-order chi connectivity index (χ0) is 18.1. The van der Waals surface area contributed by atoms with Gasteiger partial charge in [-0.1, -0.05) is 38.1 Å². The van der Waals surface area contributed by atoms with Crippen LogP contribution in [0, 0.1) is 13.8 Å². The van der Waals surface area contributed by atoms with Gasteiger partial charge in [0.05, 0.1) is 11.0 Å². The van der Waals surface area contributed by atoms with Gasteiger partial charge in [-0.3, -0.25) is 0 Å². The van der Waals surface area contributed by atoms with Crippen molar-refractivity contribution in [1.29, 1.82) is 0 Å². The Morgan fingerprint density at radius 1 is 1.04 bits per heavy atom. The number of imidazole rings is 1. The van der Waals surface area contributed by atoms with E-state index in [1.54, 1.807) is 6.92 Å². The molecule has 2 aromatic carbocycles. The van der Waals surface area contributed by atoms with Crippen molar-refractivity contribution in [1.82, 2.24) is 9.55 Å². The zero-order valence-electron chi connectivity index (χ0n) is 15.9. The van der Waals surface area contributed by atoms with Crippen LogP contribution in [-0.2, 0) is 6.54 Å². The predicted molar refractivity (Wildman–Crippen MR) is 104 cm³/mol. The summed E-state index contributed by atoms with van der Waals surface area (Å²) in [6.45, 7) is 11.2. The van der Waals surface area contributed by atoms with Gasteiger partial charge in [-0.25, -0.2) is 4.98 Å². The second-order valence-corrected chi connectivity index (χ2v) is 7.21. The first kappa shape index (κ1) is 17.7. The normalized spacial score (nSPS) is 14.0. The molecule has 0 spiro atoms. The largest absolute Gasteiger partial charge is 0.385 e. The number of hydrogen-bond donors (Lipinski definition) is 1. The standard InChI is InChI=1S/C22H28N2O/c1-6-14(2)19-9-7-18(8-10-19)13-24-21-12-16(4)15(3)11-20(21)23-22(24)17(5)25/h7-12,14,17,25H,6,13H2,1-5H3. The molecule has 3 nitrogen and oxygen atoms in total. The Bertz CT molecular complexity index is 875. The summed E-state index contributed by atoms with van der Waals surface area (Å²) in [4.78, 5) is 4.68. The fraction of sp³-hybridized carbons (Fsp3) is 0.409. The highest BCUT2D eigenvalue weighted by molar-refractivity contribution is 5.78. The van der Waals surface area contributed by atoms with Crippen molar-refractivity contribution < 1.29 is 5.11 Å². The number of rotatable bonds is 5. The summed E-state index contributed by atoms with van der Waals surface area (Å²) in [6.07, 6.45) is 0.559. The van der Waals surface area contributed by atoms with Gasteiger partial charge in [0.2, 0.25) is 0 Å². The first-order chi connectivity index (χ1) is 11.9. The van der Waals surface area contributed by atoms with Crippen molar-refractivity contribution in [2.75, 3.05) is 0 Å². The summed E-state index contributed by atoms with van der Waals surface area (Å²) >= 11 is 0. The maximum Gasteiger partial charge on any atom is 0.138 e. The minimum Gasteiger partial charge on any atom is -0.385 e. The van der Waals surface area contributed by atoms with Gasteiger partial charge in [0, 0.05) is 6.54 Å². The lowest BCUT2D eigenvalue weighted by Gasteiger charge is -2.13. The van der Waals surface area contributed by atoms with Gasteiger partial charge in [0.15, 0.2) is 0 Å². The van der Waals surface area contributed by atoms with Gasteiger partial charge >= 0.3 is 0 Å². The minimum atomic E-state index is -0.590. The monoisotopic (exact) mass is 336 g/mol. The van der Waals surface area contributed by atoms with E-state index in [-0.39, 0.29) is 0 Å². The van der Waals surface area contributed by atoms with E-state index in [4.69, 9.17) is 0 Å². The van der Waals surface area contributed by atoms with Gasteiger partial charge in [0.1, 0.15) is 11.9 Å². The fourth-order valence-electron chi connectivity index (χ4n) is 3.25. The molecule has 0 aliphatic rings. The van der Waals surface area contributed by atoms with E-state index < -0.39 is 6.10 Å². The molecule has 1 N–H and O–H groups in total. The topological polar surface area (TPSA) is 38.0 Å². The second-order valence-electron chi connectivity index (χ2n) is 7.21. The SMILES string of the molecule is CCC(C)c1ccc(Cn2c(C(C)O)nc3cc(C)c(C)cc32)cc1. The van der Waals surface area contributed by atoms with Crippen LogP contribution in [0.4, 0.5) is 0 Å². The van der Waals surface area contributed by atoms with Crippen LogP contribution in [0.3, 0.4) is 0 Å². The molecular weight excluding hydrogens is 308 g/mol. The van der Waals surface area contributed by atoms with Crippen molar-refractivity contribution in [3.05, 3.63) is 64.5 Å². The average Bonchev–Trinajstić information content (AvgIpc) is 2.93. The van der Waals surface area contributed by atoms with Crippen LogP contribution in [0.1, 0.15) is 67.3 Å². The van der Waals surface area contributed by atoms with Crippen LogP contribution in [-0.4, -0.2) is 14.7 Å². The molecule has 25 heavy (non-hydrogen) atoms. The van der Waals surface area contributed by atoms with Crippen molar-refractivity contribution >= 4 is 11.0 Å². The molecule has 0 amide bonds. The molecule has 0 saturated carbocycles. The maximum absolute atomic E-state index is 10.2. The molecule has 1 aromatic heterocycles. The van der Waals surface area contributed by atoms with E-state index in [0.29, 0.717) is 5.92 Å². The van der Waals surface area contributed by atoms with Gasteiger partial charge < -0.3 is 9.67 Å². The van der Waals surface area contributed by atoms with Crippen molar-refractivity contribution in [3.63, 3.8) is 0 Å². The number of aliphatic hydroxyl groups excluding tert-OH is 1. The number of fused-ring (bicyclic) bond motifs is 1. The Morgan fingerprint density at radius 2 is 1.68 bits per heavy atom. The molecule has 2 atom stereocenters. The molecule has 0 aliphatic carbocycles. The highest BCUT2D eigenvalue weighted by Crippen LogP contribution is 2.26. The molecule has 1 heterocycles. The zero-order valence-corrected chi connectivity index (χ0v) is 15.9. The summed E-state index contributed by atoms with van der Waals surface area (Å²) < 4.78 is 2.14. The fourth-order valence-corrected chi connectivity index (χ4v) is 3.25. The number of hydrogen-bond acceptors (Lipinski definition) is 2. The molecule has 132 valence electrons. The molecule has 0 bridgehead atoms. The van der Waals surface area contributed by atoms with Crippen LogP contribution in [0.25, 0.3) is 11.0 Å². The van der Waals surface area contributed by atoms with Gasteiger partial charge in [-0.15, -0.1) is 0 Å². The Morgan fingerprint density at radius 3 is 2.28 bits per heavy atom. The van der Waals surface area contributed by atoms with Crippen LogP contribution >= 0.6 is 0 Å². The summed E-state index contributed by atoms with van der Waals surface area (Å²) in [6, 6.07) is 13.1. The van der Waals surface area contributed by atoms with E-state index in [0.717, 1.165) is 29.8 Å². The van der Waals surface area contributed by atoms with Crippen molar-refractivity contribution in [2.24, 2.45) is 0 Å². The molecule has 2 unspecified atom stereocenters. The average molecular weight is 336 g/mol. The van der Waals surface area contributed by atoms with Gasteiger partial charge in [-0.2, -0.15) is 0 Å². The van der Waals surface area contributed by atoms with Crippen molar-refractivity contribution in [3.8, 4) is 0 Å². The van der Waals surface area contributed by atoms with E-state index in [9.17, 15) is 5.11 Å². The highest BCUT2D eigenvalue weighted by Gasteiger charge is 2.16. The number of benzene rings is 2. The summed E-state index contributed by atoms with van der Waals surface area (Å²) in [7, 11) is 0. The third-order valence-electron chi connectivity index (χ3n) is 5.27. The molecule has 0 radical (unpaired) electrons. The van der Waals surface area contributed by atoms with E-state index in [1.807, 2.05) is 0 Å². The lowest BCUT2D eigenvalue weighted by atomic mass is 9.97. The smallest absolute Gasteiger partial charge is 0.138 e. The molecular formula is C22H28N2O. The Hall–Kier alpha value is -2.13. The van der Waals surface area contributed by atoms with E-state index >= 15 is 0 Å². The lowest BCUT2D eigenvalue weighted by molar-refractivity contribution is 0.185. The Balaban J connectivity index is 2.02. The number of aryl methyl sites for hydroxylation is 2. The molecule has 0 saturated heterocycles. The second kappa shape index (κ2) is 7.01. The lowest BCUT2D eigenvalue weighted by Crippen LogP contribution is -2.08. The molecule has 3 rings (SSSR count). The molecule has 3 heteroatoms. The third-order valence-corrected chi connectivity index (χ3v) is 5.27. The summed E-state index contributed by atoms with van der Waals surface area (Å²) in [5, 5.41) is 10.2. The van der Waals surface area contributed by atoms with Crippen molar-refractivity contribution in [2.45, 2.75) is 59.6 Å². The van der Waals surface area contributed by atoms with Gasteiger partial charge in [0.25, 0.3) is 0 Å². The van der Waals surface area contributed by atoms with Gasteiger partial charge in [-0.05, 0) is 67.5 Å². The predicted octanol–water partition coefficient (Wildman–Crippen LogP) is 5.27. The maximum atomic E-state index is 10.2. The van der Waals surface area contributed by atoms with E-state index in [1.165, 1.54) is 22.3 Å². The van der Waals surface area contributed by atoms with Crippen LogP contribution in [0.5, 0.6) is 0 Å². The highest BCUT2D eigenvalue weighted by atomic mass is 16.3. The minimum absolute atomic E-state index is 0.585. The molecule has 0 fully saturated rings. The summed E-state index contributed by atoms with van der Waals surface area (Å²) in [5.74, 6) is 1.31. The van der Waals surface area contributed by atoms with Crippen LogP contribution < -0.4 is 0 Å². The van der Waals surface area contributed by atoms with Crippen LogP contribution in [0.15, 0.2) is 36.4 Å². The molecule has 0 aliphatic heterocycles. The summed E-state index contributed by atoms with van der Waals surface area (Å²) in [5.41, 5.74) is 7.13. The molecule has 3 aromatic rings. The Labute approximate surface area is 150 Å². The Kier molecular flexibility index (Phi) is 4.96. The first-order valence-electron chi connectivity index (χ1n) is 9.15. The first-order valence-corrected chi connectivity index (χ1v) is 9.15. The van der Waals surface area contributed by atoms with E-state index in [2.05, 4.69) is 73.6 Å². The number of aliphatic hydroxyl groups is 1. The quantitative estimate of drug-likeness (QED) is 0.689. The third kappa shape index (κ3) is 3.47. The van der Waals surface area contributed by atoms with Crippen LogP contribution in [0.2, 0.25) is 0 Å².